The molecule has 21 heavy (non-hydrogen) atoms. The van der Waals surface area contributed by atoms with Gasteiger partial charge in [-0.2, -0.15) is 0 Å². The fraction of sp³-hybridized carbons (Fsp3) is 0.562. The number of piperidine rings is 1. The highest BCUT2D eigenvalue weighted by Crippen LogP contribution is 2.19. The number of nitrogen functional groups attached to an aromatic ring is 1. The number of halogens is 1. The van der Waals surface area contributed by atoms with Crippen LogP contribution in [0.4, 0.5) is 5.69 Å². The minimum absolute atomic E-state index is 0.0920. The fourth-order valence-electron chi connectivity index (χ4n) is 2.58. The Kier molecular flexibility index (Phi) is 5.88. The zero-order valence-electron chi connectivity index (χ0n) is 12.6. The molecule has 1 aliphatic heterocycles. The van der Waals surface area contributed by atoms with Crippen LogP contribution >= 0.6 is 11.6 Å². The maximum atomic E-state index is 12.0. The third-order valence-electron chi connectivity index (χ3n) is 4.07. The van der Waals surface area contributed by atoms with Gasteiger partial charge in [-0.15, -0.1) is 0 Å². The minimum Gasteiger partial charge on any atom is -0.398 e. The summed E-state index contributed by atoms with van der Waals surface area (Å²) in [6, 6.07) is 4.96. The van der Waals surface area contributed by atoms with Crippen LogP contribution in [-0.4, -0.2) is 37.0 Å². The second-order valence-electron chi connectivity index (χ2n) is 5.87. The van der Waals surface area contributed by atoms with Gasteiger partial charge in [-0.3, -0.25) is 4.79 Å². The highest BCUT2D eigenvalue weighted by atomic mass is 35.5. The summed E-state index contributed by atoms with van der Waals surface area (Å²) < 4.78 is 0. The summed E-state index contributed by atoms with van der Waals surface area (Å²) in [6.45, 7) is 6.42. The summed E-state index contributed by atoms with van der Waals surface area (Å²) >= 11 is 5.85. The monoisotopic (exact) mass is 309 g/mol. The molecule has 1 amide bonds. The molecule has 0 aromatic heterocycles. The maximum absolute atomic E-state index is 12.0. The summed E-state index contributed by atoms with van der Waals surface area (Å²) in [5.41, 5.74) is 6.70. The molecule has 0 atom stereocenters. The highest BCUT2D eigenvalue weighted by molar-refractivity contribution is 6.33. The normalized spacial score (nSPS) is 16.9. The SMILES string of the molecule is CC1CCN(CCCNC(=O)c2ccc(Cl)c(N)c2)CC1. The first-order valence-electron chi connectivity index (χ1n) is 7.62. The van der Waals surface area contributed by atoms with Crippen LogP contribution in [0.15, 0.2) is 18.2 Å². The Morgan fingerprint density at radius 1 is 1.43 bits per heavy atom. The summed E-state index contributed by atoms with van der Waals surface area (Å²) in [5.74, 6) is 0.766. The molecule has 1 aliphatic rings. The van der Waals surface area contributed by atoms with Crippen LogP contribution in [0.25, 0.3) is 0 Å². The zero-order chi connectivity index (χ0) is 15.2. The number of likely N-dealkylation sites (tertiary alicyclic amines) is 1. The Balaban J connectivity index is 1.68. The molecule has 5 heteroatoms. The van der Waals surface area contributed by atoms with Gasteiger partial charge >= 0.3 is 0 Å². The van der Waals surface area contributed by atoms with Gasteiger partial charge in [0.2, 0.25) is 0 Å². The average Bonchev–Trinajstić information content (AvgIpc) is 2.48. The molecule has 1 aromatic carbocycles. The van der Waals surface area contributed by atoms with Crippen molar-refractivity contribution in [1.29, 1.82) is 0 Å². The maximum Gasteiger partial charge on any atom is 0.251 e. The van der Waals surface area contributed by atoms with Crippen molar-refractivity contribution >= 4 is 23.2 Å². The molecule has 1 saturated heterocycles. The van der Waals surface area contributed by atoms with E-state index in [1.807, 2.05) is 0 Å². The number of carbonyl (C=O) groups is 1. The summed E-state index contributed by atoms with van der Waals surface area (Å²) in [6.07, 6.45) is 3.55. The van der Waals surface area contributed by atoms with Crippen LogP contribution < -0.4 is 11.1 Å². The molecule has 4 nitrogen and oxygen atoms in total. The molecule has 1 heterocycles. The lowest BCUT2D eigenvalue weighted by Gasteiger charge is -2.30. The van der Waals surface area contributed by atoms with E-state index in [9.17, 15) is 4.79 Å². The van der Waals surface area contributed by atoms with Crippen molar-refractivity contribution in [2.24, 2.45) is 5.92 Å². The van der Waals surface area contributed by atoms with Crippen molar-refractivity contribution in [3.63, 3.8) is 0 Å². The number of amides is 1. The van der Waals surface area contributed by atoms with E-state index in [0.717, 1.165) is 18.9 Å². The molecule has 1 aromatic rings. The smallest absolute Gasteiger partial charge is 0.251 e. The Hall–Kier alpha value is -1.26. The van der Waals surface area contributed by atoms with Crippen LogP contribution in [0.3, 0.4) is 0 Å². The predicted molar refractivity (Wildman–Crippen MR) is 87.7 cm³/mol. The van der Waals surface area contributed by atoms with Gasteiger partial charge in [0.25, 0.3) is 5.91 Å². The first-order chi connectivity index (χ1) is 10.1. The van der Waals surface area contributed by atoms with Crippen molar-refractivity contribution in [2.75, 3.05) is 31.9 Å². The third kappa shape index (κ3) is 4.90. The van der Waals surface area contributed by atoms with Gasteiger partial charge in [-0.25, -0.2) is 0 Å². The van der Waals surface area contributed by atoms with Gasteiger partial charge in [0, 0.05) is 12.1 Å². The lowest BCUT2D eigenvalue weighted by molar-refractivity contribution is 0.0950. The molecular formula is C16H24ClN3O. The van der Waals surface area contributed by atoms with Crippen molar-refractivity contribution in [2.45, 2.75) is 26.2 Å². The molecule has 0 spiro atoms. The molecule has 3 N–H and O–H groups in total. The van der Waals surface area contributed by atoms with Crippen LogP contribution in [0.5, 0.6) is 0 Å². The molecule has 1 fully saturated rings. The van der Waals surface area contributed by atoms with Gasteiger partial charge in [0.05, 0.1) is 10.7 Å². The fourth-order valence-corrected chi connectivity index (χ4v) is 2.69. The highest BCUT2D eigenvalue weighted by Gasteiger charge is 2.15. The van der Waals surface area contributed by atoms with Gasteiger partial charge in [-0.1, -0.05) is 18.5 Å². The second-order valence-corrected chi connectivity index (χ2v) is 6.28. The van der Waals surface area contributed by atoms with E-state index in [2.05, 4.69) is 17.1 Å². The number of hydrogen-bond acceptors (Lipinski definition) is 3. The Labute approximate surface area is 131 Å². The number of nitrogens with one attached hydrogen (secondary N) is 1. The van der Waals surface area contributed by atoms with Gasteiger partial charge in [0.15, 0.2) is 0 Å². The van der Waals surface area contributed by atoms with Crippen molar-refractivity contribution in [3.05, 3.63) is 28.8 Å². The topological polar surface area (TPSA) is 58.4 Å². The molecule has 0 unspecified atom stereocenters. The number of carbonyl (C=O) groups excluding carboxylic acids is 1. The minimum atomic E-state index is -0.0920. The quantitative estimate of drug-likeness (QED) is 0.649. The van der Waals surface area contributed by atoms with Gasteiger partial charge in [0.1, 0.15) is 0 Å². The Bertz CT molecular complexity index is 484. The largest absolute Gasteiger partial charge is 0.398 e. The standard InChI is InChI=1S/C16H24ClN3O/c1-12-5-9-20(10-6-12)8-2-7-19-16(21)13-3-4-14(17)15(18)11-13/h3-4,11-12H,2,5-10,18H2,1H3,(H,19,21). The molecule has 0 aliphatic carbocycles. The summed E-state index contributed by atoms with van der Waals surface area (Å²) in [5, 5.41) is 3.41. The lowest BCUT2D eigenvalue weighted by Crippen LogP contribution is -2.35. The molecule has 116 valence electrons. The number of nitrogens with two attached hydrogens (primary N) is 1. The van der Waals surface area contributed by atoms with Crippen LogP contribution in [0.2, 0.25) is 5.02 Å². The predicted octanol–water partition coefficient (Wildman–Crippen LogP) is 2.77. The lowest BCUT2D eigenvalue weighted by atomic mass is 9.99. The summed E-state index contributed by atoms with van der Waals surface area (Å²) in [4.78, 5) is 14.5. The van der Waals surface area contributed by atoms with Crippen LogP contribution in [0.1, 0.15) is 36.5 Å². The zero-order valence-corrected chi connectivity index (χ0v) is 13.3. The van der Waals surface area contributed by atoms with Crippen molar-refractivity contribution < 1.29 is 4.79 Å². The van der Waals surface area contributed by atoms with Crippen LogP contribution in [0, 0.1) is 5.92 Å². The molecule has 0 bridgehead atoms. The summed E-state index contributed by atoms with van der Waals surface area (Å²) in [7, 11) is 0. The van der Waals surface area contributed by atoms with E-state index in [0.29, 0.717) is 22.8 Å². The Morgan fingerprint density at radius 2 is 2.14 bits per heavy atom. The van der Waals surface area contributed by atoms with E-state index in [-0.39, 0.29) is 5.91 Å². The van der Waals surface area contributed by atoms with Crippen molar-refractivity contribution in [1.82, 2.24) is 10.2 Å². The number of rotatable bonds is 5. The van der Waals surface area contributed by atoms with E-state index in [1.165, 1.54) is 25.9 Å². The molecule has 0 saturated carbocycles. The second kappa shape index (κ2) is 7.66. The third-order valence-corrected chi connectivity index (χ3v) is 4.42. The van der Waals surface area contributed by atoms with E-state index < -0.39 is 0 Å². The van der Waals surface area contributed by atoms with Crippen LogP contribution in [-0.2, 0) is 0 Å². The average molecular weight is 310 g/mol. The first kappa shape index (κ1) is 16.1. The van der Waals surface area contributed by atoms with Gasteiger partial charge < -0.3 is 16.0 Å². The Morgan fingerprint density at radius 3 is 2.81 bits per heavy atom. The molecule has 2 rings (SSSR count). The number of hydrogen-bond donors (Lipinski definition) is 2. The van der Waals surface area contributed by atoms with E-state index in [1.54, 1.807) is 18.2 Å². The van der Waals surface area contributed by atoms with Gasteiger partial charge in [-0.05, 0) is 63.0 Å². The van der Waals surface area contributed by atoms with E-state index >= 15 is 0 Å². The number of anilines is 1. The molecule has 0 radical (unpaired) electrons. The van der Waals surface area contributed by atoms with E-state index in [4.69, 9.17) is 17.3 Å². The number of benzene rings is 1. The first-order valence-corrected chi connectivity index (χ1v) is 7.99. The molecular weight excluding hydrogens is 286 g/mol. The number of nitrogens with zero attached hydrogens (tertiary/aromatic N) is 1. The van der Waals surface area contributed by atoms with Crippen molar-refractivity contribution in [3.8, 4) is 0 Å².